The molecule has 2 N–H and O–H groups in total. The number of hydrogen-bond acceptors (Lipinski definition) is 4. The Morgan fingerprint density at radius 2 is 1.68 bits per heavy atom. The van der Waals surface area contributed by atoms with Crippen LogP contribution in [0.5, 0.6) is 11.5 Å². The Morgan fingerprint density at radius 1 is 0.968 bits per heavy atom. The van der Waals surface area contributed by atoms with Gasteiger partial charge in [-0.3, -0.25) is 9.59 Å². The van der Waals surface area contributed by atoms with Crippen LogP contribution in [0.1, 0.15) is 30.0 Å². The molecule has 6 nitrogen and oxygen atoms in total. The lowest BCUT2D eigenvalue weighted by molar-refractivity contribution is -0.130. The largest absolute Gasteiger partial charge is 0.497 e. The van der Waals surface area contributed by atoms with E-state index in [1.54, 1.807) is 21.3 Å². The van der Waals surface area contributed by atoms with Gasteiger partial charge in [0.15, 0.2) is 0 Å². The van der Waals surface area contributed by atoms with Crippen LogP contribution in [-0.2, 0) is 15.0 Å². The molecule has 2 amide bonds. The van der Waals surface area contributed by atoms with E-state index in [1.165, 1.54) is 0 Å². The van der Waals surface area contributed by atoms with Crippen LogP contribution in [0.2, 0.25) is 0 Å². The zero-order valence-corrected chi connectivity index (χ0v) is 17.9. The smallest absolute Gasteiger partial charge is 0.246 e. The summed E-state index contributed by atoms with van der Waals surface area (Å²) in [5.41, 5.74) is 0.991. The molecule has 6 heteroatoms. The molecule has 0 heterocycles. The van der Waals surface area contributed by atoms with Crippen molar-refractivity contribution >= 4 is 22.6 Å². The lowest BCUT2D eigenvalue weighted by Gasteiger charge is -2.23. The summed E-state index contributed by atoms with van der Waals surface area (Å²) in [4.78, 5) is 26.1. The Bertz CT molecular complexity index is 1120. The minimum absolute atomic E-state index is 0.154. The molecule has 1 saturated carbocycles. The maximum atomic E-state index is 13.4. The highest BCUT2D eigenvalue weighted by Crippen LogP contribution is 2.49. The number of likely N-dealkylation sites (N-methyl/N-ethyl adjacent to an activating group) is 1. The molecule has 0 aromatic heterocycles. The first kappa shape index (κ1) is 20.7. The van der Waals surface area contributed by atoms with Crippen LogP contribution in [0, 0.1) is 0 Å². The monoisotopic (exact) mass is 418 g/mol. The highest BCUT2D eigenvalue weighted by Gasteiger charge is 2.52. The average molecular weight is 418 g/mol. The van der Waals surface area contributed by atoms with Crippen molar-refractivity contribution in [2.24, 2.45) is 0 Å². The molecular formula is C25H26N2O4. The summed E-state index contributed by atoms with van der Waals surface area (Å²) in [5, 5.41) is 7.55. The third kappa shape index (κ3) is 3.81. The van der Waals surface area contributed by atoms with Crippen LogP contribution in [0.3, 0.4) is 0 Å². The van der Waals surface area contributed by atoms with Crippen LogP contribution in [0.4, 0.5) is 0 Å². The number of benzene rings is 3. The average Bonchev–Trinajstić information content (AvgIpc) is 3.63. The quantitative estimate of drug-likeness (QED) is 0.616. The minimum Gasteiger partial charge on any atom is -0.497 e. The maximum Gasteiger partial charge on any atom is 0.246 e. The fourth-order valence-corrected chi connectivity index (χ4v) is 4.03. The zero-order chi connectivity index (χ0) is 22.0. The first-order valence-corrected chi connectivity index (χ1v) is 10.3. The molecule has 3 aromatic carbocycles. The van der Waals surface area contributed by atoms with Crippen molar-refractivity contribution in [2.45, 2.75) is 24.3 Å². The Labute approximate surface area is 181 Å². The van der Waals surface area contributed by atoms with Crippen LogP contribution in [0.25, 0.3) is 10.8 Å². The number of nitrogens with one attached hydrogen (secondary N) is 2. The molecule has 0 bridgehead atoms. The van der Waals surface area contributed by atoms with E-state index < -0.39 is 11.5 Å². The highest BCUT2D eigenvalue weighted by atomic mass is 16.5. The van der Waals surface area contributed by atoms with Crippen molar-refractivity contribution in [3.05, 3.63) is 71.8 Å². The Balaban J connectivity index is 1.67. The second-order valence-electron chi connectivity index (χ2n) is 7.78. The predicted octanol–water partition coefficient (Wildman–Crippen LogP) is 3.49. The number of amides is 2. The first-order chi connectivity index (χ1) is 15.0. The molecule has 1 unspecified atom stereocenters. The van der Waals surface area contributed by atoms with Gasteiger partial charge in [0.1, 0.15) is 17.5 Å². The van der Waals surface area contributed by atoms with E-state index >= 15 is 0 Å². The van der Waals surface area contributed by atoms with E-state index in [9.17, 15) is 9.59 Å². The van der Waals surface area contributed by atoms with Gasteiger partial charge in [0.25, 0.3) is 0 Å². The van der Waals surface area contributed by atoms with Crippen LogP contribution >= 0.6 is 0 Å². The molecular weight excluding hydrogens is 392 g/mol. The van der Waals surface area contributed by atoms with Gasteiger partial charge in [-0.05, 0) is 53.6 Å². The van der Waals surface area contributed by atoms with Crippen molar-refractivity contribution in [1.82, 2.24) is 10.6 Å². The minimum atomic E-state index is -0.827. The van der Waals surface area contributed by atoms with E-state index in [2.05, 4.69) is 10.6 Å². The Morgan fingerprint density at radius 3 is 2.29 bits per heavy atom. The third-order valence-electron chi connectivity index (χ3n) is 6.01. The van der Waals surface area contributed by atoms with Crippen molar-refractivity contribution in [3.63, 3.8) is 0 Å². The second kappa shape index (κ2) is 8.30. The van der Waals surface area contributed by atoms with Crippen LogP contribution < -0.4 is 20.1 Å². The molecule has 0 spiro atoms. The molecule has 0 saturated heterocycles. The second-order valence-corrected chi connectivity index (χ2v) is 7.78. The molecule has 4 rings (SSSR count). The third-order valence-corrected chi connectivity index (χ3v) is 6.01. The molecule has 0 aliphatic heterocycles. The van der Waals surface area contributed by atoms with Crippen LogP contribution in [0.15, 0.2) is 60.7 Å². The van der Waals surface area contributed by atoms with Gasteiger partial charge in [0.2, 0.25) is 11.8 Å². The lowest BCUT2D eigenvalue weighted by atomic mass is 9.93. The van der Waals surface area contributed by atoms with E-state index in [1.807, 2.05) is 60.7 Å². The molecule has 1 aliphatic carbocycles. The molecule has 160 valence electrons. The van der Waals surface area contributed by atoms with Gasteiger partial charge in [-0.2, -0.15) is 0 Å². The molecule has 1 aliphatic rings. The summed E-state index contributed by atoms with van der Waals surface area (Å²) in [6, 6.07) is 18.2. The van der Waals surface area contributed by atoms with Gasteiger partial charge in [0, 0.05) is 12.4 Å². The number of methoxy groups -OCH3 is 2. The lowest BCUT2D eigenvalue weighted by Crippen LogP contribution is -2.43. The summed E-state index contributed by atoms with van der Waals surface area (Å²) in [6.07, 6.45) is 1.49. The molecule has 3 aromatic rings. The topological polar surface area (TPSA) is 76.7 Å². The van der Waals surface area contributed by atoms with E-state index in [0.717, 1.165) is 34.9 Å². The SMILES string of the molecule is CNC(=O)C(NC(=O)C1(c2ccc(OC)cc2)CC1)c1cc(OC)c2ccccc2c1. The number of rotatable bonds is 7. The molecule has 0 radical (unpaired) electrons. The number of fused-ring (bicyclic) bond motifs is 1. The zero-order valence-electron chi connectivity index (χ0n) is 17.9. The number of carbonyl (C=O) groups excluding carboxylic acids is 2. The summed E-state index contributed by atoms with van der Waals surface area (Å²) in [7, 11) is 4.78. The summed E-state index contributed by atoms with van der Waals surface area (Å²) in [6.45, 7) is 0. The first-order valence-electron chi connectivity index (χ1n) is 10.3. The standard InChI is InChI=1S/C25H26N2O4/c1-26-23(28)22(17-14-16-6-4-5-7-20(16)21(15-17)31-3)27-24(29)25(12-13-25)18-8-10-19(30-2)11-9-18/h4-11,14-15,22H,12-13H2,1-3H3,(H,26,28)(H,27,29). The summed E-state index contributed by atoms with van der Waals surface area (Å²) < 4.78 is 10.8. The fourth-order valence-electron chi connectivity index (χ4n) is 4.03. The molecule has 31 heavy (non-hydrogen) atoms. The molecule has 1 fully saturated rings. The highest BCUT2D eigenvalue weighted by molar-refractivity contribution is 5.97. The molecule has 1 atom stereocenters. The van der Waals surface area contributed by atoms with E-state index in [4.69, 9.17) is 9.47 Å². The van der Waals surface area contributed by atoms with Gasteiger partial charge in [-0.15, -0.1) is 0 Å². The van der Waals surface area contributed by atoms with Gasteiger partial charge >= 0.3 is 0 Å². The van der Waals surface area contributed by atoms with Crippen molar-refractivity contribution in [1.29, 1.82) is 0 Å². The van der Waals surface area contributed by atoms with Gasteiger partial charge in [-0.1, -0.05) is 36.4 Å². The maximum absolute atomic E-state index is 13.4. The van der Waals surface area contributed by atoms with Crippen molar-refractivity contribution in [2.75, 3.05) is 21.3 Å². The summed E-state index contributed by atoms with van der Waals surface area (Å²) in [5.74, 6) is 0.966. The van der Waals surface area contributed by atoms with Gasteiger partial charge in [-0.25, -0.2) is 0 Å². The van der Waals surface area contributed by atoms with Crippen molar-refractivity contribution < 1.29 is 19.1 Å². The predicted molar refractivity (Wildman–Crippen MR) is 119 cm³/mol. The normalized spacial score (nSPS) is 15.1. The number of hydrogen-bond donors (Lipinski definition) is 2. The number of carbonyl (C=O) groups is 2. The fraction of sp³-hybridized carbons (Fsp3) is 0.280. The van der Waals surface area contributed by atoms with E-state index in [0.29, 0.717) is 11.3 Å². The van der Waals surface area contributed by atoms with Gasteiger partial charge in [0.05, 0.1) is 19.6 Å². The van der Waals surface area contributed by atoms with Gasteiger partial charge < -0.3 is 20.1 Å². The Hall–Kier alpha value is -3.54. The number of ether oxygens (including phenoxy) is 2. The summed E-state index contributed by atoms with van der Waals surface area (Å²) >= 11 is 0. The van der Waals surface area contributed by atoms with E-state index in [-0.39, 0.29) is 11.8 Å². The van der Waals surface area contributed by atoms with Crippen molar-refractivity contribution in [3.8, 4) is 11.5 Å². The van der Waals surface area contributed by atoms with Crippen LogP contribution in [-0.4, -0.2) is 33.1 Å². The Kier molecular flexibility index (Phi) is 5.55.